The molecule has 4 rings (SSSR count). The summed E-state index contributed by atoms with van der Waals surface area (Å²) in [6, 6.07) is 6.71. The van der Waals surface area contributed by atoms with Gasteiger partial charge in [0.2, 0.25) is 0 Å². The molecule has 0 saturated carbocycles. The zero-order chi connectivity index (χ0) is 27.8. The first kappa shape index (κ1) is 27.5. The van der Waals surface area contributed by atoms with Gasteiger partial charge >= 0.3 is 12.4 Å². The Bertz CT molecular complexity index is 1260. The van der Waals surface area contributed by atoms with Crippen molar-refractivity contribution < 1.29 is 40.3 Å². The van der Waals surface area contributed by atoms with Crippen molar-refractivity contribution in [3.05, 3.63) is 94.3 Å². The highest BCUT2D eigenvalue weighted by molar-refractivity contribution is 5.92. The third-order valence-corrected chi connectivity index (χ3v) is 6.31. The van der Waals surface area contributed by atoms with Crippen LogP contribution in [-0.2, 0) is 17.1 Å². The number of aromatic nitrogens is 2. The van der Waals surface area contributed by atoms with E-state index in [1.807, 2.05) is 0 Å². The maximum atomic E-state index is 13.5. The molecule has 0 radical (unpaired) electrons. The van der Waals surface area contributed by atoms with E-state index in [1.54, 1.807) is 6.92 Å². The number of carbonyl (C=O) groups excluding carboxylic acids is 1. The van der Waals surface area contributed by atoms with Crippen LogP contribution in [0.15, 0.2) is 54.9 Å². The molecule has 2 aromatic carbocycles. The van der Waals surface area contributed by atoms with Crippen LogP contribution in [0.5, 0.6) is 0 Å². The van der Waals surface area contributed by atoms with Gasteiger partial charge in [-0.15, -0.1) is 0 Å². The molecule has 1 amide bonds. The molecule has 0 aliphatic carbocycles. The number of carbonyl (C=O) groups is 1. The SMILES string of the molecule is Cc1cnc(C(=O)N2C[C@@H](O[C@H](C)c3cc(C(F)(F)F)cc(C(F)(F)F)c3)[C@H](c3ccc(F)cc3)C2)cn1. The first-order valence-corrected chi connectivity index (χ1v) is 11.5. The van der Waals surface area contributed by atoms with Gasteiger partial charge in [0.05, 0.1) is 35.2 Å². The summed E-state index contributed by atoms with van der Waals surface area (Å²) in [7, 11) is 0. The van der Waals surface area contributed by atoms with Crippen LogP contribution in [0.4, 0.5) is 30.7 Å². The topological polar surface area (TPSA) is 55.3 Å². The van der Waals surface area contributed by atoms with E-state index >= 15 is 0 Å². The number of aryl methyl sites for hydroxylation is 1. The van der Waals surface area contributed by atoms with Crippen molar-refractivity contribution in [3.8, 4) is 0 Å². The number of halogens is 7. The van der Waals surface area contributed by atoms with Gasteiger partial charge in [-0.1, -0.05) is 12.1 Å². The van der Waals surface area contributed by atoms with Crippen LogP contribution in [0, 0.1) is 12.7 Å². The lowest BCUT2D eigenvalue weighted by atomic mass is 9.95. The monoisotopic (exact) mass is 541 g/mol. The molecule has 0 spiro atoms. The Hall–Kier alpha value is -3.54. The highest BCUT2D eigenvalue weighted by atomic mass is 19.4. The van der Waals surface area contributed by atoms with Gasteiger partial charge in [0.25, 0.3) is 5.91 Å². The average Bonchev–Trinajstić information content (AvgIpc) is 3.26. The van der Waals surface area contributed by atoms with E-state index in [0.717, 1.165) is 0 Å². The first-order chi connectivity index (χ1) is 17.7. The molecule has 1 aliphatic heterocycles. The van der Waals surface area contributed by atoms with Crippen molar-refractivity contribution in [2.75, 3.05) is 13.1 Å². The van der Waals surface area contributed by atoms with E-state index in [2.05, 4.69) is 9.97 Å². The number of rotatable bonds is 5. The van der Waals surface area contributed by atoms with Gasteiger partial charge in [-0.25, -0.2) is 9.37 Å². The van der Waals surface area contributed by atoms with Crippen LogP contribution >= 0.6 is 0 Å². The minimum atomic E-state index is -5.00. The van der Waals surface area contributed by atoms with E-state index < -0.39 is 53.3 Å². The van der Waals surface area contributed by atoms with E-state index in [-0.39, 0.29) is 30.4 Å². The van der Waals surface area contributed by atoms with Gasteiger partial charge in [-0.3, -0.25) is 9.78 Å². The lowest BCUT2D eigenvalue weighted by Crippen LogP contribution is -2.31. The second kappa shape index (κ2) is 10.3. The maximum absolute atomic E-state index is 13.5. The maximum Gasteiger partial charge on any atom is 0.416 e. The van der Waals surface area contributed by atoms with Crippen molar-refractivity contribution in [1.29, 1.82) is 0 Å². The molecule has 5 nitrogen and oxygen atoms in total. The Morgan fingerprint density at radius 3 is 2.08 bits per heavy atom. The van der Waals surface area contributed by atoms with Crippen LogP contribution in [0.25, 0.3) is 0 Å². The van der Waals surface area contributed by atoms with Gasteiger partial charge in [0.15, 0.2) is 0 Å². The summed E-state index contributed by atoms with van der Waals surface area (Å²) in [5.41, 5.74) is -1.97. The zero-order valence-corrected chi connectivity index (χ0v) is 20.1. The third kappa shape index (κ3) is 6.12. The van der Waals surface area contributed by atoms with Crippen LogP contribution in [0.1, 0.15) is 57.4 Å². The van der Waals surface area contributed by atoms with Gasteiger partial charge in [-0.2, -0.15) is 26.3 Å². The fourth-order valence-electron chi connectivity index (χ4n) is 4.33. The number of ether oxygens (including phenoxy) is 1. The lowest BCUT2D eigenvalue weighted by molar-refractivity contribution is -0.143. The van der Waals surface area contributed by atoms with Gasteiger partial charge in [-0.05, 0) is 55.3 Å². The molecule has 12 heteroatoms. The van der Waals surface area contributed by atoms with Crippen LogP contribution in [0.3, 0.4) is 0 Å². The fraction of sp³-hybridized carbons (Fsp3) is 0.346. The number of likely N-dealkylation sites (tertiary alicyclic amines) is 1. The van der Waals surface area contributed by atoms with Crippen molar-refractivity contribution >= 4 is 5.91 Å². The number of amides is 1. The first-order valence-electron chi connectivity index (χ1n) is 11.5. The molecule has 0 N–H and O–H groups in total. The van der Waals surface area contributed by atoms with Crippen molar-refractivity contribution in [3.63, 3.8) is 0 Å². The molecule has 1 saturated heterocycles. The average molecular weight is 541 g/mol. The van der Waals surface area contributed by atoms with Crippen molar-refractivity contribution in [1.82, 2.24) is 14.9 Å². The predicted octanol–water partition coefficient (Wildman–Crippen LogP) is 6.35. The number of hydrogen-bond acceptors (Lipinski definition) is 4. The molecule has 0 unspecified atom stereocenters. The van der Waals surface area contributed by atoms with E-state index in [1.165, 1.54) is 48.5 Å². The number of nitrogens with zero attached hydrogens (tertiary/aromatic N) is 3. The normalized spacial score (nSPS) is 19.0. The van der Waals surface area contributed by atoms with Crippen molar-refractivity contribution in [2.24, 2.45) is 0 Å². The van der Waals surface area contributed by atoms with Crippen LogP contribution in [0.2, 0.25) is 0 Å². The number of benzene rings is 2. The molecule has 3 atom stereocenters. The highest BCUT2D eigenvalue weighted by Crippen LogP contribution is 2.39. The standard InChI is InChI=1S/C26H22F7N3O2/c1-14-10-35-22(11-34-14)24(37)36-12-21(16-3-5-20(27)6-4-16)23(13-36)38-15(2)17-7-18(25(28,29)30)9-19(8-17)26(31,32)33/h3-11,15,21,23H,12-13H2,1-2H3/t15-,21+,23-/m1/s1. The summed E-state index contributed by atoms with van der Waals surface area (Å²) in [5, 5.41) is 0. The summed E-state index contributed by atoms with van der Waals surface area (Å²) >= 11 is 0. The Morgan fingerprint density at radius 2 is 1.55 bits per heavy atom. The number of hydrogen-bond donors (Lipinski definition) is 0. The third-order valence-electron chi connectivity index (χ3n) is 6.31. The minimum Gasteiger partial charge on any atom is -0.368 e. The molecule has 0 bridgehead atoms. The van der Waals surface area contributed by atoms with Crippen LogP contribution < -0.4 is 0 Å². The predicted molar refractivity (Wildman–Crippen MR) is 122 cm³/mol. The Labute approximate surface area is 213 Å². The summed E-state index contributed by atoms with van der Waals surface area (Å²) < 4.78 is 99.7. The van der Waals surface area contributed by atoms with Crippen LogP contribution in [-0.4, -0.2) is 40.0 Å². The van der Waals surface area contributed by atoms with Gasteiger partial charge in [0.1, 0.15) is 11.5 Å². The summed E-state index contributed by atoms with van der Waals surface area (Å²) in [6.45, 7) is 3.12. The van der Waals surface area contributed by atoms with Gasteiger partial charge in [0, 0.05) is 25.2 Å². The fourth-order valence-corrected chi connectivity index (χ4v) is 4.33. The second-order valence-electron chi connectivity index (χ2n) is 9.07. The summed E-state index contributed by atoms with van der Waals surface area (Å²) in [4.78, 5) is 22.6. The summed E-state index contributed by atoms with van der Waals surface area (Å²) in [6.07, 6.45) is -9.29. The molecule has 38 heavy (non-hydrogen) atoms. The number of alkyl halides is 6. The second-order valence-corrected chi connectivity index (χ2v) is 9.07. The van der Waals surface area contributed by atoms with E-state index in [0.29, 0.717) is 23.4 Å². The van der Waals surface area contributed by atoms with Crippen molar-refractivity contribution in [2.45, 2.75) is 44.3 Å². The minimum absolute atomic E-state index is 0.0220. The van der Waals surface area contributed by atoms with E-state index in [9.17, 15) is 35.5 Å². The Balaban J connectivity index is 1.64. The molecular weight excluding hydrogens is 519 g/mol. The zero-order valence-electron chi connectivity index (χ0n) is 20.1. The Kier molecular flexibility index (Phi) is 7.46. The smallest absolute Gasteiger partial charge is 0.368 e. The molecule has 202 valence electrons. The van der Waals surface area contributed by atoms with E-state index in [4.69, 9.17) is 4.74 Å². The molecule has 2 heterocycles. The Morgan fingerprint density at radius 1 is 0.947 bits per heavy atom. The molecule has 1 aliphatic rings. The largest absolute Gasteiger partial charge is 0.416 e. The van der Waals surface area contributed by atoms with Gasteiger partial charge < -0.3 is 9.64 Å². The molecule has 1 aromatic heterocycles. The highest BCUT2D eigenvalue weighted by Gasteiger charge is 2.40. The molecular formula is C26H22F7N3O2. The molecule has 1 fully saturated rings. The quantitative estimate of drug-likeness (QED) is 0.354. The lowest BCUT2D eigenvalue weighted by Gasteiger charge is -2.25. The molecule has 3 aromatic rings. The summed E-state index contributed by atoms with van der Waals surface area (Å²) in [5.74, 6) is -1.50.